The van der Waals surface area contributed by atoms with E-state index in [-0.39, 0.29) is 11.2 Å². The molecule has 3 aromatic rings. The summed E-state index contributed by atoms with van der Waals surface area (Å²) in [6.45, 7) is 4.84. The first-order valence-corrected chi connectivity index (χ1v) is 10.6. The van der Waals surface area contributed by atoms with E-state index >= 15 is 0 Å². The smallest absolute Gasteiger partial charge is 0.237 e. The number of carbonyl (C=O) groups excluding carboxylic acids is 1. The Morgan fingerprint density at radius 2 is 1.86 bits per heavy atom. The molecule has 28 heavy (non-hydrogen) atoms. The summed E-state index contributed by atoms with van der Waals surface area (Å²) < 4.78 is 2.14. The Labute approximate surface area is 169 Å². The predicted molar refractivity (Wildman–Crippen MR) is 113 cm³/mol. The highest BCUT2D eigenvalue weighted by Gasteiger charge is 2.30. The maximum Gasteiger partial charge on any atom is 0.237 e. The van der Waals surface area contributed by atoms with E-state index in [2.05, 4.69) is 27.0 Å². The maximum absolute atomic E-state index is 12.9. The number of nitrogens with one attached hydrogen (secondary N) is 1. The lowest BCUT2D eigenvalue weighted by molar-refractivity contribution is -0.115. The molecule has 0 saturated heterocycles. The van der Waals surface area contributed by atoms with Crippen molar-refractivity contribution in [2.75, 3.05) is 5.32 Å². The van der Waals surface area contributed by atoms with Gasteiger partial charge in [0.05, 0.1) is 5.25 Å². The number of anilines is 1. The van der Waals surface area contributed by atoms with Crippen molar-refractivity contribution in [2.24, 2.45) is 0 Å². The summed E-state index contributed by atoms with van der Waals surface area (Å²) in [6.07, 6.45) is 2.38. The highest BCUT2D eigenvalue weighted by atomic mass is 32.2. The Kier molecular flexibility index (Phi) is 5.48. The van der Waals surface area contributed by atoms with Gasteiger partial charge < -0.3 is 9.88 Å². The highest BCUT2D eigenvalue weighted by molar-refractivity contribution is 8.00. The summed E-state index contributed by atoms with van der Waals surface area (Å²) in [7, 11) is 0. The zero-order valence-electron chi connectivity index (χ0n) is 16.1. The van der Waals surface area contributed by atoms with Crippen molar-refractivity contribution in [1.29, 1.82) is 0 Å². The Morgan fingerprint density at radius 3 is 2.57 bits per heavy atom. The van der Waals surface area contributed by atoms with Gasteiger partial charge in [-0.2, -0.15) is 0 Å². The number of amides is 1. The molecule has 1 N–H and O–H groups in total. The van der Waals surface area contributed by atoms with Gasteiger partial charge in [-0.1, -0.05) is 60.3 Å². The quantitative estimate of drug-likeness (QED) is 0.577. The van der Waals surface area contributed by atoms with Crippen molar-refractivity contribution in [2.45, 2.75) is 49.6 Å². The average molecular weight is 393 g/mol. The second-order valence-electron chi connectivity index (χ2n) is 7.02. The number of hydrogen-bond acceptors (Lipinski definition) is 4. The molecule has 1 aromatic heterocycles. The van der Waals surface area contributed by atoms with Crippen LogP contribution in [0.2, 0.25) is 0 Å². The lowest BCUT2D eigenvalue weighted by Gasteiger charge is -2.15. The fourth-order valence-electron chi connectivity index (χ4n) is 3.24. The van der Waals surface area contributed by atoms with Crippen molar-refractivity contribution in [3.8, 4) is 11.1 Å². The molecule has 1 aliphatic rings. The van der Waals surface area contributed by atoms with Gasteiger partial charge in [0, 0.05) is 23.7 Å². The zero-order valence-corrected chi connectivity index (χ0v) is 16.9. The fourth-order valence-corrected chi connectivity index (χ4v) is 4.16. The summed E-state index contributed by atoms with van der Waals surface area (Å²) in [6, 6.07) is 18.0. The third-order valence-electron chi connectivity index (χ3n) is 4.93. The van der Waals surface area contributed by atoms with Gasteiger partial charge in [0.1, 0.15) is 5.82 Å². The van der Waals surface area contributed by atoms with Crippen molar-refractivity contribution in [3.63, 3.8) is 0 Å². The first-order chi connectivity index (χ1) is 13.7. The van der Waals surface area contributed by atoms with Gasteiger partial charge in [-0.25, -0.2) is 0 Å². The molecule has 1 aliphatic carbocycles. The Balaban J connectivity index is 1.49. The molecule has 1 fully saturated rings. The second kappa shape index (κ2) is 8.19. The highest BCUT2D eigenvalue weighted by Crippen LogP contribution is 2.40. The average Bonchev–Trinajstić information content (AvgIpc) is 3.49. The van der Waals surface area contributed by atoms with Crippen molar-refractivity contribution < 1.29 is 4.79 Å². The summed E-state index contributed by atoms with van der Waals surface area (Å²) >= 11 is 1.47. The van der Waals surface area contributed by atoms with E-state index in [0.29, 0.717) is 5.92 Å². The number of hydrogen-bond donors (Lipinski definition) is 1. The van der Waals surface area contributed by atoms with Gasteiger partial charge in [0.25, 0.3) is 0 Å². The van der Waals surface area contributed by atoms with Gasteiger partial charge in [-0.05, 0) is 38.3 Å². The standard InChI is InChI=1S/C22H24N4OS/c1-3-26-20(17-13-14-17)24-25-22(26)28-15(2)21(27)23-19-12-8-7-11-18(19)16-9-5-4-6-10-16/h4-12,15,17H,3,13-14H2,1-2H3,(H,23,27). The Bertz CT molecular complexity index is 966. The molecule has 0 aliphatic heterocycles. The van der Waals surface area contributed by atoms with Crippen LogP contribution >= 0.6 is 11.8 Å². The summed E-state index contributed by atoms with van der Waals surface area (Å²) in [4.78, 5) is 12.9. The number of para-hydroxylation sites is 1. The molecular weight excluding hydrogens is 368 g/mol. The van der Waals surface area contributed by atoms with Crippen LogP contribution in [0.5, 0.6) is 0 Å². The van der Waals surface area contributed by atoms with Crippen molar-refractivity contribution >= 4 is 23.4 Å². The second-order valence-corrected chi connectivity index (χ2v) is 8.33. The number of rotatable bonds is 7. The molecule has 6 heteroatoms. The van der Waals surface area contributed by atoms with Crippen LogP contribution in [0.15, 0.2) is 59.8 Å². The van der Waals surface area contributed by atoms with Gasteiger partial charge in [0.2, 0.25) is 5.91 Å². The molecule has 1 amide bonds. The molecule has 1 saturated carbocycles. The molecule has 1 heterocycles. The van der Waals surface area contributed by atoms with E-state index < -0.39 is 0 Å². The number of thioether (sulfide) groups is 1. The summed E-state index contributed by atoms with van der Waals surface area (Å²) in [5, 5.41) is 12.3. The first-order valence-electron chi connectivity index (χ1n) is 9.72. The largest absolute Gasteiger partial charge is 0.325 e. The summed E-state index contributed by atoms with van der Waals surface area (Å²) in [5.74, 6) is 1.57. The molecule has 0 spiro atoms. The monoisotopic (exact) mass is 392 g/mol. The molecule has 1 atom stereocenters. The third kappa shape index (κ3) is 3.97. The topological polar surface area (TPSA) is 59.8 Å². The van der Waals surface area contributed by atoms with Crippen LogP contribution in [-0.4, -0.2) is 25.9 Å². The maximum atomic E-state index is 12.9. The minimum atomic E-state index is -0.273. The molecule has 0 bridgehead atoms. The minimum absolute atomic E-state index is 0.0352. The van der Waals surface area contributed by atoms with Crippen LogP contribution in [0.1, 0.15) is 38.4 Å². The first kappa shape index (κ1) is 18.7. The number of carbonyl (C=O) groups is 1. The van der Waals surface area contributed by atoms with Crippen LogP contribution in [-0.2, 0) is 11.3 Å². The normalized spacial score (nSPS) is 14.6. The molecule has 4 rings (SSSR count). The van der Waals surface area contributed by atoms with Gasteiger partial charge in [-0.3, -0.25) is 4.79 Å². The molecule has 2 aromatic carbocycles. The van der Waals surface area contributed by atoms with Gasteiger partial charge >= 0.3 is 0 Å². The Morgan fingerprint density at radius 1 is 1.14 bits per heavy atom. The van der Waals surface area contributed by atoms with E-state index in [9.17, 15) is 4.79 Å². The predicted octanol–water partition coefficient (Wildman–Crippen LogP) is 4.96. The van der Waals surface area contributed by atoms with Crippen LogP contribution in [0.3, 0.4) is 0 Å². The van der Waals surface area contributed by atoms with Gasteiger partial charge in [-0.15, -0.1) is 10.2 Å². The van der Waals surface area contributed by atoms with Crippen molar-refractivity contribution in [1.82, 2.24) is 14.8 Å². The lowest BCUT2D eigenvalue weighted by atomic mass is 10.0. The van der Waals surface area contributed by atoms with E-state index in [4.69, 9.17) is 0 Å². The van der Waals surface area contributed by atoms with Gasteiger partial charge in [0.15, 0.2) is 5.16 Å². The van der Waals surface area contributed by atoms with E-state index in [1.807, 2.05) is 61.5 Å². The zero-order chi connectivity index (χ0) is 19.5. The van der Waals surface area contributed by atoms with Crippen molar-refractivity contribution in [3.05, 3.63) is 60.4 Å². The molecule has 144 valence electrons. The van der Waals surface area contributed by atoms with Crippen LogP contribution in [0, 0.1) is 0 Å². The molecule has 5 nitrogen and oxygen atoms in total. The van der Waals surface area contributed by atoms with Crippen LogP contribution in [0.4, 0.5) is 5.69 Å². The number of benzene rings is 2. The van der Waals surface area contributed by atoms with E-state index in [0.717, 1.165) is 34.3 Å². The van der Waals surface area contributed by atoms with E-state index in [1.54, 1.807) is 0 Å². The molecule has 0 radical (unpaired) electrons. The number of nitrogens with zero attached hydrogens (tertiary/aromatic N) is 3. The third-order valence-corrected chi connectivity index (χ3v) is 6.01. The van der Waals surface area contributed by atoms with Crippen LogP contribution < -0.4 is 5.32 Å². The summed E-state index contributed by atoms with van der Waals surface area (Å²) in [5.41, 5.74) is 2.92. The Hall–Kier alpha value is -2.60. The number of aromatic nitrogens is 3. The SMILES string of the molecule is CCn1c(SC(C)C(=O)Nc2ccccc2-c2ccccc2)nnc1C1CC1. The fraction of sp³-hybridized carbons (Fsp3) is 0.318. The molecule has 1 unspecified atom stereocenters. The lowest BCUT2D eigenvalue weighted by Crippen LogP contribution is -2.23. The van der Waals surface area contributed by atoms with Crippen LogP contribution in [0.25, 0.3) is 11.1 Å². The minimum Gasteiger partial charge on any atom is -0.325 e. The molecular formula is C22H24N4OS. The van der Waals surface area contributed by atoms with E-state index in [1.165, 1.54) is 24.6 Å².